The lowest BCUT2D eigenvalue weighted by atomic mass is 9.95. The summed E-state index contributed by atoms with van der Waals surface area (Å²) >= 11 is 0. The minimum Gasteiger partial charge on any atom is -0.340 e. The summed E-state index contributed by atoms with van der Waals surface area (Å²) in [6, 6.07) is 7.41. The Hall–Kier alpha value is -2.21. The molecule has 1 fully saturated rings. The van der Waals surface area contributed by atoms with Gasteiger partial charge in [0.1, 0.15) is 5.92 Å². The molecule has 6 heteroatoms. The number of rotatable bonds is 1. The molecule has 0 aliphatic carbocycles. The molecular formula is C15H18N4O2. The summed E-state index contributed by atoms with van der Waals surface area (Å²) in [6.07, 6.45) is 0. The van der Waals surface area contributed by atoms with E-state index in [0.29, 0.717) is 11.5 Å². The van der Waals surface area contributed by atoms with Crippen LogP contribution >= 0.6 is 0 Å². The number of aliphatic imine (C=N–C) groups is 1. The van der Waals surface area contributed by atoms with Crippen molar-refractivity contribution < 1.29 is 9.59 Å². The van der Waals surface area contributed by atoms with Crippen molar-refractivity contribution in [1.82, 2.24) is 15.5 Å². The average molecular weight is 286 g/mol. The number of guanidine groups is 1. The summed E-state index contributed by atoms with van der Waals surface area (Å²) in [6.45, 7) is 5.09. The van der Waals surface area contributed by atoms with Gasteiger partial charge in [-0.25, -0.2) is 0 Å². The lowest BCUT2D eigenvalue weighted by molar-refractivity contribution is -0.130. The number of nitrogens with one attached hydrogen (secondary N) is 2. The van der Waals surface area contributed by atoms with Gasteiger partial charge in [-0.2, -0.15) is 4.99 Å². The first-order valence-electron chi connectivity index (χ1n) is 7.11. The van der Waals surface area contributed by atoms with Crippen LogP contribution < -0.4 is 10.6 Å². The smallest absolute Gasteiger partial charge is 0.265 e. The van der Waals surface area contributed by atoms with Crippen molar-refractivity contribution in [2.45, 2.75) is 12.8 Å². The Morgan fingerprint density at radius 2 is 1.81 bits per heavy atom. The molecular weight excluding hydrogens is 268 g/mol. The van der Waals surface area contributed by atoms with Gasteiger partial charge in [-0.3, -0.25) is 14.9 Å². The van der Waals surface area contributed by atoms with E-state index < -0.39 is 11.8 Å². The van der Waals surface area contributed by atoms with Crippen LogP contribution in [0.25, 0.3) is 0 Å². The van der Waals surface area contributed by atoms with Crippen LogP contribution in [0.2, 0.25) is 0 Å². The summed E-state index contributed by atoms with van der Waals surface area (Å²) in [4.78, 5) is 30.5. The minimum atomic E-state index is -0.836. The fraction of sp³-hybridized carbons (Fsp3) is 0.400. The van der Waals surface area contributed by atoms with Gasteiger partial charge in [-0.05, 0) is 12.5 Å². The van der Waals surface area contributed by atoms with Crippen molar-refractivity contribution in [3.8, 4) is 0 Å². The molecule has 6 nitrogen and oxygen atoms in total. The van der Waals surface area contributed by atoms with Crippen LogP contribution in [0.5, 0.6) is 0 Å². The Morgan fingerprint density at radius 3 is 2.43 bits per heavy atom. The zero-order chi connectivity index (χ0) is 14.8. The van der Waals surface area contributed by atoms with Gasteiger partial charge in [-0.1, -0.05) is 29.8 Å². The molecule has 110 valence electrons. The summed E-state index contributed by atoms with van der Waals surface area (Å²) in [5, 5.41) is 5.99. The molecule has 2 heterocycles. The van der Waals surface area contributed by atoms with Crippen molar-refractivity contribution in [1.29, 1.82) is 0 Å². The summed E-state index contributed by atoms with van der Waals surface area (Å²) in [7, 11) is 0. The second kappa shape index (κ2) is 5.65. The normalized spacial score (nSPS) is 22.8. The third-order valence-electron chi connectivity index (χ3n) is 3.79. The van der Waals surface area contributed by atoms with E-state index in [2.05, 4.69) is 15.6 Å². The second-order valence-electron chi connectivity index (χ2n) is 5.34. The molecule has 0 radical (unpaired) electrons. The maximum atomic E-state index is 12.3. The number of benzene rings is 1. The minimum absolute atomic E-state index is 0.299. The molecule has 1 unspecified atom stereocenters. The van der Waals surface area contributed by atoms with E-state index in [1.165, 1.54) is 0 Å². The lowest BCUT2D eigenvalue weighted by Crippen LogP contribution is -2.55. The van der Waals surface area contributed by atoms with Crippen LogP contribution in [0.15, 0.2) is 29.3 Å². The number of hydrogen-bond acceptors (Lipinski definition) is 4. The predicted molar refractivity (Wildman–Crippen MR) is 78.9 cm³/mol. The standard InChI is InChI=1S/C15H18N4O2/c1-10-2-4-11(5-3-10)12-13(20)17-15(18-14(12)21)19-8-6-16-7-9-19/h2-5,12,16H,6-9H2,1H3,(H,17,18,20,21). The molecule has 1 saturated heterocycles. The fourth-order valence-corrected chi connectivity index (χ4v) is 2.57. The van der Waals surface area contributed by atoms with Crippen molar-refractivity contribution in [3.63, 3.8) is 0 Å². The highest BCUT2D eigenvalue weighted by molar-refractivity contribution is 6.18. The van der Waals surface area contributed by atoms with E-state index in [-0.39, 0.29) is 5.91 Å². The van der Waals surface area contributed by atoms with Crippen LogP contribution in [0.1, 0.15) is 17.0 Å². The maximum Gasteiger partial charge on any atom is 0.265 e. The SMILES string of the molecule is Cc1ccc(C2C(=O)N=C(N3CCNCC3)NC2=O)cc1. The van der Waals surface area contributed by atoms with Gasteiger partial charge in [0.2, 0.25) is 11.9 Å². The number of hydrogen-bond donors (Lipinski definition) is 2. The van der Waals surface area contributed by atoms with Crippen LogP contribution in [0.4, 0.5) is 0 Å². The number of aryl methyl sites for hydroxylation is 1. The Morgan fingerprint density at radius 1 is 1.14 bits per heavy atom. The molecule has 2 amide bonds. The molecule has 2 aliphatic heterocycles. The second-order valence-corrected chi connectivity index (χ2v) is 5.34. The zero-order valence-electron chi connectivity index (χ0n) is 11.9. The third-order valence-corrected chi connectivity index (χ3v) is 3.79. The largest absolute Gasteiger partial charge is 0.340 e. The predicted octanol–water partition coefficient (Wildman–Crippen LogP) is -0.00378. The van der Waals surface area contributed by atoms with Crippen LogP contribution in [0, 0.1) is 6.92 Å². The number of carbonyl (C=O) groups excluding carboxylic acids is 2. The number of piperazine rings is 1. The maximum absolute atomic E-state index is 12.3. The Balaban J connectivity index is 1.83. The average Bonchev–Trinajstić information content (AvgIpc) is 2.49. The number of carbonyl (C=O) groups is 2. The first-order chi connectivity index (χ1) is 10.1. The summed E-state index contributed by atoms with van der Waals surface area (Å²) < 4.78 is 0. The van der Waals surface area contributed by atoms with Gasteiger partial charge in [0.05, 0.1) is 0 Å². The van der Waals surface area contributed by atoms with E-state index >= 15 is 0 Å². The highest BCUT2D eigenvalue weighted by atomic mass is 16.2. The third kappa shape index (κ3) is 2.80. The quantitative estimate of drug-likeness (QED) is 0.713. The molecule has 21 heavy (non-hydrogen) atoms. The van der Waals surface area contributed by atoms with Gasteiger partial charge in [0.15, 0.2) is 0 Å². The molecule has 0 saturated carbocycles. The molecule has 1 aromatic carbocycles. The molecule has 1 atom stereocenters. The lowest BCUT2D eigenvalue weighted by Gasteiger charge is -2.32. The first-order valence-corrected chi connectivity index (χ1v) is 7.11. The number of nitrogens with zero attached hydrogens (tertiary/aromatic N) is 2. The van der Waals surface area contributed by atoms with Gasteiger partial charge in [0.25, 0.3) is 5.91 Å². The van der Waals surface area contributed by atoms with Crippen molar-refractivity contribution in [3.05, 3.63) is 35.4 Å². The first kappa shape index (κ1) is 13.8. The summed E-state index contributed by atoms with van der Waals surface area (Å²) in [5.41, 5.74) is 1.78. The molecule has 3 rings (SSSR count). The Kier molecular flexibility index (Phi) is 3.70. The topological polar surface area (TPSA) is 73.8 Å². The van der Waals surface area contributed by atoms with E-state index in [1.54, 1.807) is 0 Å². The van der Waals surface area contributed by atoms with Crippen LogP contribution in [-0.2, 0) is 9.59 Å². The van der Waals surface area contributed by atoms with Crippen molar-refractivity contribution in [2.24, 2.45) is 4.99 Å². The van der Waals surface area contributed by atoms with Gasteiger partial charge in [0, 0.05) is 26.2 Å². The molecule has 0 spiro atoms. The zero-order valence-corrected chi connectivity index (χ0v) is 11.9. The van der Waals surface area contributed by atoms with Crippen LogP contribution in [-0.4, -0.2) is 48.9 Å². The van der Waals surface area contributed by atoms with Crippen LogP contribution in [0.3, 0.4) is 0 Å². The highest BCUT2D eigenvalue weighted by Crippen LogP contribution is 2.21. The van der Waals surface area contributed by atoms with Crippen molar-refractivity contribution in [2.75, 3.05) is 26.2 Å². The molecule has 1 aromatic rings. The fourth-order valence-electron chi connectivity index (χ4n) is 2.57. The Labute approximate surface area is 123 Å². The monoisotopic (exact) mass is 286 g/mol. The van der Waals surface area contributed by atoms with E-state index in [4.69, 9.17) is 0 Å². The molecule has 0 aromatic heterocycles. The van der Waals surface area contributed by atoms with E-state index in [1.807, 2.05) is 36.1 Å². The van der Waals surface area contributed by atoms with Gasteiger partial charge < -0.3 is 10.2 Å². The van der Waals surface area contributed by atoms with Crippen molar-refractivity contribution >= 4 is 17.8 Å². The molecule has 0 bridgehead atoms. The molecule has 2 N–H and O–H groups in total. The van der Waals surface area contributed by atoms with Gasteiger partial charge >= 0.3 is 0 Å². The summed E-state index contributed by atoms with van der Waals surface area (Å²) in [5.74, 6) is -1.14. The Bertz CT molecular complexity index is 588. The van der Waals surface area contributed by atoms with Gasteiger partial charge in [-0.15, -0.1) is 0 Å². The molecule has 2 aliphatic rings. The number of amides is 2. The van der Waals surface area contributed by atoms with E-state index in [0.717, 1.165) is 31.7 Å². The highest BCUT2D eigenvalue weighted by Gasteiger charge is 2.35. The van der Waals surface area contributed by atoms with E-state index in [9.17, 15) is 9.59 Å².